The Kier molecular flexibility index (Phi) is 51.7. The molecule has 0 saturated heterocycles. The maximum atomic E-state index is 12.8. The van der Waals surface area contributed by atoms with Gasteiger partial charge in [-0.2, -0.15) is 0 Å². The number of hydrogen-bond acceptors (Lipinski definition) is 6. The lowest BCUT2D eigenvalue weighted by molar-refractivity contribution is -0.167. The van der Waals surface area contributed by atoms with Gasteiger partial charge < -0.3 is 14.2 Å². The van der Waals surface area contributed by atoms with Crippen LogP contribution in [0.1, 0.15) is 329 Å². The van der Waals surface area contributed by atoms with E-state index < -0.39 is 6.10 Å². The van der Waals surface area contributed by atoms with E-state index in [1.807, 2.05) is 0 Å². The van der Waals surface area contributed by atoms with Crippen molar-refractivity contribution in [3.63, 3.8) is 0 Å². The molecular weight excluding hydrogens is 781 g/mol. The van der Waals surface area contributed by atoms with Crippen LogP contribution in [0.15, 0.2) is 0 Å². The highest BCUT2D eigenvalue weighted by Gasteiger charge is 2.19. The van der Waals surface area contributed by atoms with Crippen LogP contribution in [0.25, 0.3) is 0 Å². The van der Waals surface area contributed by atoms with Crippen molar-refractivity contribution < 1.29 is 28.6 Å². The van der Waals surface area contributed by atoms with Crippen LogP contribution in [0.2, 0.25) is 0 Å². The number of esters is 3. The smallest absolute Gasteiger partial charge is 0.306 e. The highest BCUT2D eigenvalue weighted by molar-refractivity contribution is 5.71. The number of hydrogen-bond donors (Lipinski definition) is 0. The third-order valence-electron chi connectivity index (χ3n) is 13.1. The zero-order valence-electron chi connectivity index (χ0n) is 42.9. The molecule has 0 aromatic carbocycles. The van der Waals surface area contributed by atoms with Crippen molar-refractivity contribution in [3.05, 3.63) is 0 Å². The van der Waals surface area contributed by atoms with Gasteiger partial charge in [-0.05, 0) is 19.3 Å². The van der Waals surface area contributed by atoms with Gasteiger partial charge in [0.05, 0.1) is 0 Å². The summed E-state index contributed by atoms with van der Waals surface area (Å²) in [6, 6.07) is 0. The van der Waals surface area contributed by atoms with E-state index in [1.165, 1.54) is 231 Å². The quantitative estimate of drug-likeness (QED) is 0.0344. The molecule has 0 aromatic heterocycles. The van der Waals surface area contributed by atoms with Crippen LogP contribution >= 0.6 is 0 Å². The minimum atomic E-state index is -0.760. The van der Waals surface area contributed by atoms with Crippen LogP contribution < -0.4 is 0 Å². The van der Waals surface area contributed by atoms with E-state index in [0.29, 0.717) is 19.3 Å². The summed E-state index contributed by atoms with van der Waals surface area (Å²) in [4.78, 5) is 38.0. The molecule has 0 radical (unpaired) electrons. The van der Waals surface area contributed by atoms with Gasteiger partial charge in [0.2, 0.25) is 0 Å². The minimum Gasteiger partial charge on any atom is -0.462 e. The highest BCUT2D eigenvalue weighted by Crippen LogP contribution is 2.18. The lowest BCUT2D eigenvalue weighted by atomic mass is 10.0. The normalized spacial score (nSPS) is 11.9. The first kappa shape index (κ1) is 61.4. The number of unbranched alkanes of at least 4 members (excludes halogenated alkanes) is 42. The lowest BCUT2D eigenvalue weighted by Crippen LogP contribution is -2.30. The minimum absolute atomic E-state index is 0.0613. The monoisotopic (exact) mass is 891 g/mol. The summed E-state index contributed by atoms with van der Waals surface area (Å²) >= 11 is 0. The third-order valence-corrected chi connectivity index (χ3v) is 13.1. The molecule has 0 bridgehead atoms. The second-order valence-corrected chi connectivity index (χ2v) is 19.6. The maximum Gasteiger partial charge on any atom is 0.306 e. The first-order chi connectivity index (χ1) is 31.0. The predicted octanol–water partition coefficient (Wildman–Crippen LogP) is 18.8. The fourth-order valence-electron chi connectivity index (χ4n) is 8.80. The molecule has 0 unspecified atom stereocenters. The summed E-state index contributed by atoms with van der Waals surface area (Å²) in [6.45, 7) is 6.70. The molecule has 6 heteroatoms. The number of rotatable bonds is 53. The van der Waals surface area contributed by atoms with Crippen LogP contribution in [0.5, 0.6) is 0 Å². The molecule has 1 atom stereocenters. The zero-order chi connectivity index (χ0) is 45.8. The number of carbonyl (C=O) groups excluding carboxylic acids is 3. The predicted molar refractivity (Wildman–Crippen MR) is 270 cm³/mol. The van der Waals surface area contributed by atoms with Crippen LogP contribution in [0.4, 0.5) is 0 Å². The molecule has 0 N–H and O–H groups in total. The number of carbonyl (C=O) groups is 3. The van der Waals surface area contributed by atoms with Crippen LogP contribution in [-0.2, 0) is 28.6 Å². The van der Waals surface area contributed by atoms with Gasteiger partial charge in [0.25, 0.3) is 0 Å². The maximum absolute atomic E-state index is 12.8. The molecule has 63 heavy (non-hydrogen) atoms. The average molecular weight is 892 g/mol. The lowest BCUT2D eigenvalue weighted by Gasteiger charge is -2.18. The van der Waals surface area contributed by atoms with Crippen molar-refractivity contribution in [2.45, 2.75) is 335 Å². The molecule has 0 fully saturated rings. The second kappa shape index (κ2) is 53.0. The Morgan fingerprint density at radius 3 is 0.635 bits per heavy atom. The molecule has 0 amide bonds. The van der Waals surface area contributed by atoms with Crippen molar-refractivity contribution >= 4 is 17.9 Å². The Hall–Kier alpha value is -1.59. The van der Waals surface area contributed by atoms with Crippen molar-refractivity contribution in [2.75, 3.05) is 13.2 Å². The SMILES string of the molecule is CCCCCCCCCCCCCCCCCCCCCC(=O)O[C@@H](COC(=O)CCCCCCCCCCCCC)COC(=O)CCCCCCCCCCCCCCCCC. The standard InChI is InChI=1S/C57H110O6/c1-4-7-10-13-16-19-22-24-26-27-28-29-31-33-36-39-42-45-48-51-57(60)63-54(52-61-55(58)49-46-43-40-37-34-21-18-15-12-9-6-3)53-62-56(59)50-47-44-41-38-35-32-30-25-23-20-17-14-11-8-5-2/h54H,4-53H2,1-3H3/t54-/m0/s1. The van der Waals surface area contributed by atoms with E-state index in [9.17, 15) is 14.4 Å². The highest BCUT2D eigenvalue weighted by atomic mass is 16.6. The number of ether oxygens (including phenoxy) is 3. The van der Waals surface area contributed by atoms with Gasteiger partial charge in [0.15, 0.2) is 6.10 Å². The Morgan fingerprint density at radius 2 is 0.429 bits per heavy atom. The van der Waals surface area contributed by atoms with Crippen molar-refractivity contribution in [1.82, 2.24) is 0 Å². The molecule has 0 aliphatic carbocycles. The van der Waals surface area contributed by atoms with Crippen molar-refractivity contribution in [2.24, 2.45) is 0 Å². The van der Waals surface area contributed by atoms with Gasteiger partial charge in [-0.15, -0.1) is 0 Å². The van der Waals surface area contributed by atoms with Crippen molar-refractivity contribution in [3.8, 4) is 0 Å². The van der Waals surface area contributed by atoms with Gasteiger partial charge in [-0.25, -0.2) is 0 Å². The Bertz CT molecular complexity index is 936. The molecule has 0 aliphatic rings. The second-order valence-electron chi connectivity index (χ2n) is 19.6. The molecule has 0 saturated carbocycles. The summed E-state index contributed by atoms with van der Waals surface area (Å²) in [6.07, 6.45) is 58.1. The van der Waals surface area contributed by atoms with Crippen LogP contribution in [0.3, 0.4) is 0 Å². The summed E-state index contributed by atoms with van der Waals surface area (Å²) in [5.41, 5.74) is 0. The zero-order valence-corrected chi connectivity index (χ0v) is 42.9. The fraction of sp³-hybridized carbons (Fsp3) is 0.947. The van der Waals surface area contributed by atoms with Gasteiger partial charge in [0.1, 0.15) is 13.2 Å². The molecule has 0 heterocycles. The average Bonchev–Trinajstić information content (AvgIpc) is 3.28. The topological polar surface area (TPSA) is 78.9 Å². The van der Waals surface area contributed by atoms with Crippen molar-refractivity contribution in [1.29, 1.82) is 0 Å². The first-order valence-electron chi connectivity index (χ1n) is 28.5. The molecule has 0 spiro atoms. The molecule has 0 aromatic rings. The summed E-state index contributed by atoms with van der Waals surface area (Å²) in [5, 5.41) is 0. The summed E-state index contributed by atoms with van der Waals surface area (Å²) < 4.78 is 16.9. The van der Waals surface area contributed by atoms with Gasteiger partial charge in [-0.1, -0.05) is 290 Å². The molecular formula is C57H110O6. The van der Waals surface area contributed by atoms with E-state index >= 15 is 0 Å². The third kappa shape index (κ3) is 51.3. The molecule has 6 nitrogen and oxygen atoms in total. The van der Waals surface area contributed by atoms with Crippen LogP contribution in [0, 0.1) is 0 Å². The van der Waals surface area contributed by atoms with Gasteiger partial charge >= 0.3 is 17.9 Å². The molecule has 0 aliphatic heterocycles. The van der Waals surface area contributed by atoms with Gasteiger partial charge in [0, 0.05) is 19.3 Å². The summed E-state index contributed by atoms with van der Waals surface area (Å²) in [5.74, 6) is -0.835. The Labute approximate surface area is 393 Å². The molecule has 374 valence electrons. The van der Waals surface area contributed by atoms with E-state index in [4.69, 9.17) is 14.2 Å². The van der Waals surface area contributed by atoms with E-state index in [-0.39, 0.29) is 31.1 Å². The Balaban J connectivity index is 4.25. The van der Waals surface area contributed by atoms with E-state index in [1.54, 1.807) is 0 Å². The van der Waals surface area contributed by atoms with Gasteiger partial charge in [-0.3, -0.25) is 14.4 Å². The first-order valence-corrected chi connectivity index (χ1v) is 28.5. The van der Waals surface area contributed by atoms with E-state index in [0.717, 1.165) is 57.8 Å². The largest absolute Gasteiger partial charge is 0.462 e. The summed E-state index contributed by atoms with van der Waals surface area (Å²) in [7, 11) is 0. The van der Waals surface area contributed by atoms with E-state index in [2.05, 4.69) is 20.8 Å². The fourth-order valence-corrected chi connectivity index (χ4v) is 8.80. The molecule has 0 rings (SSSR count). The van der Waals surface area contributed by atoms with Crippen LogP contribution in [-0.4, -0.2) is 37.2 Å². The Morgan fingerprint density at radius 1 is 0.254 bits per heavy atom.